The van der Waals surface area contributed by atoms with Crippen molar-refractivity contribution in [2.75, 3.05) is 31.5 Å². The van der Waals surface area contributed by atoms with Gasteiger partial charge in [0.2, 0.25) is 5.91 Å². The van der Waals surface area contributed by atoms with Crippen LogP contribution in [-0.2, 0) is 4.79 Å². The first-order chi connectivity index (χ1) is 10.2. The van der Waals surface area contributed by atoms with Gasteiger partial charge in [-0.1, -0.05) is 12.1 Å². The van der Waals surface area contributed by atoms with E-state index in [2.05, 4.69) is 16.0 Å². The molecular formula is C14H20N4O3. The van der Waals surface area contributed by atoms with E-state index in [9.17, 15) is 14.9 Å². The van der Waals surface area contributed by atoms with E-state index in [-0.39, 0.29) is 18.1 Å². The Labute approximate surface area is 123 Å². The summed E-state index contributed by atoms with van der Waals surface area (Å²) in [7, 11) is 0. The van der Waals surface area contributed by atoms with Gasteiger partial charge in [-0.15, -0.1) is 0 Å². The monoisotopic (exact) mass is 292 g/mol. The van der Waals surface area contributed by atoms with Gasteiger partial charge >= 0.3 is 0 Å². The van der Waals surface area contributed by atoms with Gasteiger partial charge in [-0.25, -0.2) is 0 Å². The van der Waals surface area contributed by atoms with Gasteiger partial charge in [0.25, 0.3) is 5.69 Å². The maximum absolute atomic E-state index is 11.8. The molecule has 0 aromatic heterocycles. The molecule has 1 aromatic carbocycles. The van der Waals surface area contributed by atoms with Crippen molar-refractivity contribution >= 4 is 17.3 Å². The minimum Gasteiger partial charge on any atom is -0.371 e. The summed E-state index contributed by atoms with van der Waals surface area (Å²) in [6, 6.07) is 6.30. The Kier molecular flexibility index (Phi) is 5.51. The molecular weight excluding hydrogens is 272 g/mol. The quantitative estimate of drug-likeness (QED) is 0.539. The summed E-state index contributed by atoms with van der Waals surface area (Å²) in [6.07, 6.45) is 2.25. The Morgan fingerprint density at radius 2 is 2.24 bits per heavy atom. The predicted molar refractivity (Wildman–Crippen MR) is 80.2 cm³/mol. The third-order valence-electron chi connectivity index (χ3n) is 3.53. The number of para-hydroxylation sites is 2. The molecule has 3 N–H and O–H groups in total. The van der Waals surface area contributed by atoms with Crippen molar-refractivity contribution in [3.8, 4) is 0 Å². The fourth-order valence-corrected chi connectivity index (χ4v) is 2.38. The van der Waals surface area contributed by atoms with E-state index < -0.39 is 4.92 Å². The summed E-state index contributed by atoms with van der Waals surface area (Å²) in [5.41, 5.74) is 0.332. The lowest BCUT2D eigenvalue weighted by atomic mass is 10.00. The number of nitro benzene ring substituents is 1. The van der Waals surface area contributed by atoms with E-state index in [0.29, 0.717) is 18.2 Å². The van der Waals surface area contributed by atoms with Crippen molar-refractivity contribution in [3.63, 3.8) is 0 Å². The van der Waals surface area contributed by atoms with Gasteiger partial charge in [0, 0.05) is 12.6 Å². The van der Waals surface area contributed by atoms with Gasteiger partial charge in [0.1, 0.15) is 5.69 Å². The number of hydrogen-bond donors (Lipinski definition) is 3. The van der Waals surface area contributed by atoms with E-state index in [1.54, 1.807) is 18.2 Å². The maximum atomic E-state index is 11.8. The van der Waals surface area contributed by atoms with Crippen LogP contribution in [0.1, 0.15) is 12.8 Å². The largest absolute Gasteiger partial charge is 0.371 e. The molecule has 21 heavy (non-hydrogen) atoms. The normalized spacial score (nSPS) is 18.0. The van der Waals surface area contributed by atoms with E-state index in [1.807, 2.05) is 0 Å². The van der Waals surface area contributed by atoms with Gasteiger partial charge in [-0.05, 0) is 37.9 Å². The zero-order chi connectivity index (χ0) is 15.1. The lowest BCUT2D eigenvalue weighted by Crippen LogP contribution is -2.39. The molecule has 1 atom stereocenters. The van der Waals surface area contributed by atoms with Crippen molar-refractivity contribution in [1.82, 2.24) is 10.6 Å². The molecule has 0 spiro atoms. The van der Waals surface area contributed by atoms with Crippen LogP contribution in [0.2, 0.25) is 0 Å². The van der Waals surface area contributed by atoms with Gasteiger partial charge in [0.15, 0.2) is 0 Å². The Bertz CT molecular complexity index is 501. The Morgan fingerprint density at radius 1 is 1.43 bits per heavy atom. The lowest BCUT2D eigenvalue weighted by Gasteiger charge is -2.22. The third kappa shape index (κ3) is 4.71. The molecule has 0 bridgehead atoms. The molecule has 1 fully saturated rings. The van der Waals surface area contributed by atoms with Crippen LogP contribution in [0.5, 0.6) is 0 Å². The second kappa shape index (κ2) is 7.58. The maximum Gasteiger partial charge on any atom is 0.292 e. The van der Waals surface area contributed by atoms with Crippen LogP contribution in [0, 0.1) is 16.0 Å². The number of piperidine rings is 1. The molecule has 0 saturated carbocycles. The highest BCUT2D eigenvalue weighted by Crippen LogP contribution is 2.22. The van der Waals surface area contributed by atoms with Crippen LogP contribution in [0.4, 0.5) is 11.4 Å². The molecule has 7 heteroatoms. The molecule has 1 aromatic rings. The first-order valence-electron chi connectivity index (χ1n) is 7.11. The highest BCUT2D eigenvalue weighted by atomic mass is 16.6. The van der Waals surface area contributed by atoms with Crippen molar-refractivity contribution in [1.29, 1.82) is 0 Å². The summed E-state index contributed by atoms with van der Waals surface area (Å²) < 4.78 is 0. The topological polar surface area (TPSA) is 96.3 Å². The predicted octanol–water partition coefficient (Wildman–Crippen LogP) is 1.12. The molecule has 1 unspecified atom stereocenters. The van der Waals surface area contributed by atoms with E-state index in [4.69, 9.17) is 0 Å². The van der Waals surface area contributed by atoms with E-state index >= 15 is 0 Å². The zero-order valence-corrected chi connectivity index (χ0v) is 11.8. The number of amides is 1. The first-order valence-corrected chi connectivity index (χ1v) is 7.11. The van der Waals surface area contributed by atoms with Crippen molar-refractivity contribution in [2.24, 2.45) is 5.92 Å². The number of benzene rings is 1. The van der Waals surface area contributed by atoms with E-state index in [1.165, 1.54) is 6.07 Å². The summed E-state index contributed by atoms with van der Waals surface area (Å²) in [5, 5.41) is 19.8. The first kappa shape index (κ1) is 15.2. The minimum atomic E-state index is -0.464. The number of carbonyl (C=O) groups is 1. The standard InChI is InChI=1S/C14H20N4O3/c19-14(17-9-11-4-3-7-15-8-11)10-16-12-5-1-2-6-13(12)18(20)21/h1-2,5-6,11,15-16H,3-4,7-10H2,(H,17,19). The van der Waals surface area contributed by atoms with Crippen LogP contribution in [-0.4, -0.2) is 37.0 Å². The van der Waals surface area contributed by atoms with Gasteiger partial charge < -0.3 is 16.0 Å². The highest BCUT2D eigenvalue weighted by Gasteiger charge is 2.15. The summed E-state index contributed by atoms with van der Waals surface area (Å²) in [5.74, 6) is 0.312. The van der Waals surface area contributed by atoms with Crippen LogP contribution < -0.4 is 16.0 Å². The molecule has 1 aliphatic heterocycles. The minimum absolute atomic E-state index is 0.0261. The number of nitro groups is 1. The lowest BCUT2D eigenvalue weighted by molar-refractivity contribution is -0.383. The average molecular weight is 292 g/mol. The van der Waals surface area contributed by atoms with Crippen LogP contribution in [0.15, 0.2) is 24.3 Å². The molecule has 0 radical (unpaired) electrons. The van der Waals surface area contributed by atoms with Gasteiger partial charge in [-0.2, -0.15) is 0 Å². The molecule has 7 nitrogen and oxygen atoms in total. The third-order valence-corrected chi connectivity index (χ3v) is 3.53. The number of hydrogen-bond acceptors (Lipinski definition) is 5. The Balaban J connectivity index is 1.77. The average Bonchev–Trinajstić information content (AvgIpc) is 2.52. The number of carbonyl (C=O) groups excluding carboxylic acids is 1. The number of anilines is 1. The fourth-order valence-electron chi connectivity index (χ4n) is 2.38. The van der Waals surface area contributed by atoms with Crippen LogP contribution in [0.3, 0.4) is 0 Å². The molecule has 1 amide bonds. The summed E-state index contributed by atoms with van der Waals surface area (Å²) in [4.78, 5) is 22.2. The molecule has 114 valence electrons. The van der Waals surface area contributed by atoms with Crippen molar-refractivity contribution in [2.45, 2.75) is 12.8 Å². The second-order valence-corrected chi connectivity index (χ2v) is 5.14. The number of rotatable bonds is 6. The van der Waals surface area contributed by atoms with Gasteiger partial charge in [-0.3, -0.25) is 14.9 Å². The van der Waals surface area contributed by atoms with Crippen molar-refractivity contribution in [3.05, 3.63) is 34.4 Å². The zero-order valence-electron chi connectivity index (χ0n) is 11.8. The van der Waals surface area contributed by atoms with Gasteiger partial charge in [0.05, 0.1) is 11.5 Å². The Hall–Kier alpha value is -2.15. The van der Waals surface area contributed by atoms with Crippen LogP contribution >= 0.6 is 0 Å². The SMILES string of the molecule is O=C(CNc1ccccc1[N+](=O)[O-])NCC1CCCNC1. The second-order valence-electron chi connectivity index (χ2n) is 5.14. The fraction of sp³-hybridized carbons (Fsp3) is 0.500. The number of nitrogens with one attached hydrogen (secondary N) is 3. The number of nitrogens with zero attached hydrogens (tertiary/aromatic N) is 1. The summed E-state index contributed by atoms with van der Waals surface area (Å²) in [6.45, 7) is 2.65. The molecule has 2 rings (SSSR count). The molecule has 0 aliphatic carbocycles. The molecule has 1 saturated heterocycles. The molecule has 1 aliphatic rings. The Morgan fingerprint density at radius 3 is 2.95 bits per heavy atom. The smallest absolute Gasteiger partial charge is 0.292 e. The summed E-state index contributed by atoms with van der Waals surface area (Å²) >= 11 is 0. The van der Waals surface area contributed by atoms with Crippen molar-refractivity contribution < 1.29 is 9.72 Å². The molecule has 1 heterocycles. The van der Waals surface area contributed by atoms with E-state index in [0.717, 1.165) is 25.9 Å². The highest BCUT2D eigenvalue weighted by molar-refractivity contribution is 5.81. The van der Waals surface area contributed by atoms with Crippen LogP contribution in [0.25, 0.3) is 0 Å².